The van der Waals surface area contributed by atoms with Gasteiger partial charge in [0.1, 0.15) is 5.82 Å². The molecule has 2 N–H and O–H groups in total. The fourth-order valence-corrected chi connectivity index (χ4v) is 4.06. The van der Waals surface area contributed by atoms with Crippen LogP contribution >= 0.6 is 0 Å². The molecule has 0 radical (unpaired) electrons. The van der Waals surface area contributed by atoms with E-state index in [4.69, 9.17) is 0 Å². The van der Waals surface area contributed by atoms with E-state index < -0.39 is 5.82 Å². The maximum Gasteiger partial charge on any atom is 0.227 e. The second-order valence-corrected chi connectivity index (χ2v) is 7.44. The summed E-state index contributed by atoms with van der Waals surface area (Å²) in [7, 11) is 0. The van der Waals surface area contributed by atoms with Gasteiger partial charge in [-0.1, -0.05) is 25.0 Å². The van der Waals surface area contributed by atoms with Crippen LogP contribution in [0.1, 0.15) is 57.8 Å². The van der Waals surface area contributed by atoms with Gasteiger partial charge in [0.05, 0.1) is 5.69 Å². The van der Waals surface area contributed by atoms with Crippen LogP contribution in [0.4, 0.5) is 10.1 Å². The Kier molecular flexibility index (Phi) is 6.05. The summed E-state index contributed by atoms with van der Waals surface area (Å²) in [5.41, 5.74) is 0.236. The monoisotopic (exact) mass is 346 g/mol. The van der Waals surface area contributed by atoms with Crippen molar-refractivity contribution in [1.82, 2.24) is 5.32 Å². The highest BCUT2D eigenvalue weighted by molar-refractivity contribution is 5.92. The van der Waals surface area contributed by atoms with Crippen LogP contribution in [-0.4, -0.2) is 17.9 Å². The predicted octanol–water partition coefficient (Wildman–Crippen LogP) is 4.02. The molecular weight excluding hydrogens is 319 g/mol. The first-order valence-electron chi connectivity index (χ1n) is 9.46. The van der Waals surface area contributed by atoms with E-state index in [2.05, 4.69) is 10.6 Å². The molecule has 2 fully saturated rings. The Bertz CT molecular complexity index is 605. The Labute approximate surface area is 148 Å². The highest BCUT2D eigenvalue weighted by atomic mass is 19.1. The van der Waals surface area contributed by atoms with Gasteiger partial charge in [-0.25, -0.2) is 4.39 Å². The average molecular weight is 346 g/mol. The van der Waals surface area contributed by atoms with Crippen LogP contribution < -0.4 is 10.6 Å². The predicted molar refractivity (Wildman–Crippen MR) is 95.5 cm³/mol. The second kappa shape index (κ2) is 8.45. The van der Waals surface area contributed by atoms with Crippen LogP contribution in [0.5, 0.6) is 0 Å². The maximum absolute atomic E-state index is 13.6. The standard InChI is InChI=1S/C20H27FN2O2/c21-17-7-3-4-8-18(17)23-20(25)15-9-11-16(12-10-15)22-19(24)13-14-5-1-2-6-14/h3-4,7-8,14-16H,1-2,5-6,9-13H2,(H,22,24)(H,23,25). The normalized spacial score (nSPS) is 24.0. The summed E-state index contributed by atoms with van der Waals surface area (Å²) in [6, 6.07) is 6.39. The van der Waals surface area contributed by atoms with E-state index in [9.17, 15) is 14.0 Å². The number of rotatable bonds is 5. The van der Waals surface area contributed by atoms with Crippen LogP contribution in [-0.2, 0) is 9.59 Å². The molecule has 2 saturated carbocycles. The lowest BCUT2D eigenvalue weighted by Crippen LogP contribution is -2.40. The van der Waals surface area contributed by atoms with E-state index in [0.29, 0.717) is 12.3 Å². The third-order valence-electron chi connectivity index (χ3n) is 5.54. The number of carbonyl (C=O) groups excluding carboxylic acids is 2. The summed E-state index contributed by atoms with van der Waals surface area (Å²) < 4.78 is 13.6. The number of carbonyl (C=O) groups is 2. The van der Waals surface area contributed by atoms with Crippen molar-refractivity contribution in [3.63, 3.8) is 0 Å². The molecule has 2 aliphatic rings. The van der Waals surface area contributed by atoms with Crippen LogP contribution in [0, 0.1) is 17.7 Å². The first kappa shape index (κ1) is 17.9. The zero-order valence-corrected chi connectivity index (χ0v) is 14.6. The van der Waals surface area contributed by atoms with Gasteiger partial charge >= 0.3 is 0 Å². The van der Waals surface area contributed by atoms with E-state index in [1.165, 1.54) is 31.7 Å². The minimum Gasteiger partial charge on any atom is -0.353 e. The van der Waals surface area contributed by atoms with Gasteiger partial charge < -0.3 is 10.6 Å². The molecule has 3 rings (SSSR count). The number of para-hydroxylation sites is 1. The number of amides is 2. The largest absolute Gasteiger partial charge is 0.353 e. The van der Waals surface area contributed by atoms with E-state index in [0.717, 1.165) is 25.7 Å². The fourth-order valence-electron chi connectivity index (χ4n) is 4.06. The lowest BCUT2D eigenvalue weighted by atomic mass is 9.85. The Morgan fingerprint density at radius 1 is 1.00 bits per heavy atom. The van der Waals surface area contributed by atoms with Crippen molar-refractivity contribution in [3.8, 4) is 0 Å². The second-order valence-electron chi connectivity index (χ2n) is 7.44. The number of benzene rings is 1. The van der Waals surface area contributed by atoms with Gasteiger partial charge in [-0.3, -0.25) is 9.59 Å². The molecule has 0 unspecified atom stereocenters. The van der Waals surface area contributed by atoms with Crippen molar-refractivity contribution < 1.29 is 14.0 Å². The average Bonchev–Trinajstić information content (AvgIpc) is 3.10. The quantitative estimate of drug-likeness (QED) is 0.846. The summed E-state index contributed by atoms with van der Waals surface area (Å²) in [4.78, 5) is 24.4. The molecule has 0 spiro atoms. The molecule has 0 aromatic heterocycles. The number of hydrogen-bond donors (Lipinski definition) is 2. The van der Waals surface area contributed by atoms with Crippen LogP contribution in [0.2, 0.25) is 0 Å². The molecule has 1 aromatic carbocycles. The Morgan fingerprint density at radius 3 is 2.36 bits per heavy atom. The highest BCUT2D eigenvalue weighted by Crippen LogP contribution is 2.29. The summed E-state index contributed by atoms with van der Waals surface area (Å²) in [5.74, 6) is 0.0705. The molecule has 0 atom stereocenters. The third-order valence-corrected chi connectivity index (χ3v) is 5.54. The first-order chi connectivity index (χ1) is 12.1. The molecule has 2 amide bonds. The van der Waals surface area contributed by atoms with Crippen molar-refractivity contribution in [3.05, 3.63) is 30.1 Å². The van der Waals surface area contributed by atoms with Crippen LogP contribution in [0.15, 0.2) is 24.3 Å². The van der Waals surface area contributed by atoms with Crippen molar-refractivity contribution >= 4 is 17.5 Å². The van der Waals surface area contributed by atoms with Gasteiger partial charge in [-0.15, -0.1) is 0 Å². The number of halogens is 1. The SMILES string of the molecule is O=C(CC1CCCC1)NC1CCC(C(=O)Nc2ccccc2F)CC1. The van der Waals surface area contributed by atoms with Crippen LogP contribution in [0.3, 0.4) is 0 Å². The zero-order valence-electron chi connectivity index (χ0n) is 14.6. The smallest absolute Gasteiger partial charge is 0.227 e. The molecule has 4 nitrogen and oxygen atoms in total. The molecule has 136 valence electrons. The van der Waals surface area contributed by atoms with Crippen molar-refractivity contribution in [2.75, 3.05) is 5.32 Å². The van der Waals surface area contributed by atoms with Crippen molar-refractivity contribution in [2.45, 2.75) is 63.8 Å². The van der Waals surface area contributed by atoms with Gasteiger partial charge in [0.2, 0.25) is 11.8 Å². The van der Waals surface area contributed by atoms with Crippen LogP contribution in [0.25, 0.3) is 0 Å². The molecule has 0 heterocycles. The lowest BCUT2D eigenvalue weighted by molar-refractivity contribution is -0.123. The Morgan fingerprint density at radius 2 is 1.68 bits per heavy atom. The van der Waals surface area contributed by atoms with E-state index in [1.807, 2.05) is 0 Å². The molecule has 2 aliphatic carbocycles. The van der Waals surface area contributed by atoms with Gasteiger partial charge in [0.15, 0.2) is 0 Å². The summed E-state index contributed by atoms with van der Waals surface area (Å²) in [6.45, 7) is 0. The Hall–Kier alpha value is -1.91. The maximum atomic E-state index is 13.6. The van der Waals surface area contributed by atoms with Gasteiger partial charge in [0, 0.05) is 18.4 Å². The highest BCUT2D eigenvalue weighted by Gasteiger charge is 2.28. The first-order valence-corrected chi connectivity index (χ1v) is 9.46. The van der Waals surface area contributed by atoms with Gasteiger partial charge in [-0.2, -0.15) is 0 Å². The molecule has 0 bridgehead atoms. The molecular formula is C20H27FN2O2. The molecule has 0 aliphatic heterocycles. The van der Waals surface area contributed by atoms with E-state index >= 15 is 0 Å². The van der Waals surface area contributed by atoms with Crippen molar-refractivity contribution in [1.29, 1.82) is 0 Å². The molecule has 5 heteroatoms. The topological polar surface area (TPSA) is 58.2 Å². The molecule has 1 aromatic rings. The number of hydrogen-bond acceptors (Lipinski definition) is 2. The summed E-state index contributed by atoms with van der Waals surface area (Å²) >= 11 is 0. The lowest BCUT2D eigenvalue weighted by Gasteiger charge is -2.28. The van der Waals surface area contributed by atoms with E-state index in [-0.39, 0.29) is 29.5 Å². The van der Waals surface area contributed by atoms with E-state index in [1.54, 1.807) is 18.2 Å². The van der Waals surface area contributed by atoms with Gasteiger partial charge in [0.25, 0.3) is 0 Å². The minimum absolute atomic E-state index is 0.109. The fraction of sp³-hybridized carbons (Fsp3) is 0.600. The molecule has 0 saturated heterocycles. The summed E-state index contributed by atoms with van der Waals surface area (Å²) in [5, 5.41) is 5.82. The number of anilines is 1. The van der Waals surface area contributed by atoms with Crippen molar-refractivity contribution in [2.24, 2.45) is 11.8 Å². The third kappa shape index (κ3) is 5.03. The minimum atomic E-state index is -0.413. The van der Waals surface area contributed by atoms with Gasteiger partial charge in [-0.05, 0) is 56.6 Å². The zero-order chi connectivity index (χ0) is 17.6. The number of nitrogens with one attached hydrogen (secondary N) is 2. The summed E-state index contributed by atoms with van der Waals surface area (Å²) in [6.07, 6.45) is 8.58. The Balaban J connectivity index is 1.41. The molecule has 25 heavy (non-hydrogen) atoms.